The number of unbranched alkanes of at least 4 members (excludes halogenated alkanes) is 4. The van der Waals surface area contributed by atoms with Crippen molar-refractivity contribution in [2.45, 2.75) is 90.1 Å². The monoisotopic (exact) mass is 756 g/mol. The quantitative estimate of drug-likeness (QED) is 0.0652. The standard InChI is InChI=1S/C46H52N4O6/c1-5-6-7-8-9-26-56-39-24-18-33(19-25-39)36-29-47-42(48-30-36)34-14-10-31(11-15-34)27-40(49-43(52)35-16-20-37(21-17-35)46(2,3)4)44(53)50-41(45(54)55)28-32-12-22-38(51)23-13-32/h10-25,29-30,40-41,51H,5-9,26-28H2,1-4H3,(H,49,52)(H,50,53)(H,54,55). The molecule has 292 valence electrons. The Bertz CT molecular complexity index is 2020. The second kappa shape index (κ2) is 19.5. The molecule has 0 fully saturated rings. The first-order chi connectivity index (χ1) is 26.9. The van der Waals surface area contributed by atoms with E-state index in [2.05, 4.69) is 48.3 Å². The predicted octanol–water partition coefficient (Wildman–Crippen LogP) is 8.32. The van der Waals surface area contributed by atoms with E-state index in [1.807, 2.05) is 60.7 Å². The van der Waals surface area contributed by atoms with E-state index < -0.39 is 29.9 Å². The lowest BCUT2D eigenvalue weighted by Crippen LogP contribution is -2.53. The molecule has 0 radical (unpaired) electrons. The number of phenolic OH excluding ortho intramolecular Hbond substituents is 1. The first kappa shape index (κ1) is 41.1. The lowest BCUT2D eigenvalue weighted by atomic mass is 9.86. The summed E-state index contributed by atoms with van der Waals surface area (Å²) < 4.78 is 5.90. The van der Waals surface area contributed by atoms with Crippen LogP contribution in [0, 0.1) is 0 Å². The van der Waals surface area contributed by atoms with Crippen LogP contribution < -0.4 is 15.4 Å². The first-order valence-electron chi connectivity index (χ1n) is 19.3. The highest BCUT2D eigenvalue weighted by molar-refractivity contribution is 5.98. The van der Waals surface area contributed by atoms with Crippen molar-refractivity contribution in [3.63, 3.8) is 0 Å². The number of carbonyl (C=O) groups is 3. The van der Waals surface area contributed by atoms with Crippen molar-refractivity contribution in [1.82, 2.24) is 20.6 Å². The smallest absolute Gasteiger partial charge is 0.326 e. The average molecular weight is 757 g/mol. The maximum atomic E-state index is 13.7. The lowest BCUT2D eigenvalue weighted by Gasteiger charge is -2.22. The summed E-state index contributed by atoms with van der Waals surface area (Å²) in [5.41, 5.74) is 5.31. The van der Waals surface area contributed by atoms with Crippen molar-refractivity contribution in [1.29, 1.82) is 0 Å². The molecule has 4 N–H and O–H groups in total. The number of aliphatic carboxylic acids is 1. The molecule has 2 atom stereocenters. The van der Waals surface area contributed by atoms with Crippen molar-refractivity contribution in [3.05, 3.63) is 132 Å². The Morgan fingerprint density at radius 3 is 1.84 bits per heavy atom. The SMILES string of the molecule is CCCCCCCOc1ccc(-c2cnc(-c3ccc(CC(NC(=O)c4ccc(C(C)(C)C)cc4)C(=O)NC(Cc4ccc(O)cc4)C(=O)O)cc3)nc2)cc1. The Balaban J connectivity index is 1.27. The fourth-order valence-corrected chi connectivity index (χ4v) is 6.20. The van der Waals surface area contributed by atoms with Crippen molar-refractivity contribution >= 4 is 17.8 Å². The van der Waals surface area contributed by atoms with E-state index in [1.54, 1.807) is 36.7 Å². The van der Waals surface area contributed by atoms with E-state index in [-0.39, 0.29) is 24.0 Å². The third kappa shape index (κ3) is 12.0. The molecule has 0 saturated carbocycles. The van der Waals surface area contributed by atoms with Crippen LogP contribution in [0.25, 0.3) is 22.5 Å². The summed E-state index contributed by atoms with van der Waals surface area (Å²) >= 11 is 0. The number of carbonyl (C=O) groups excluding carboxylic acids is 2. The van der Waals surface area contributed by atoms with Crippen LogP contribution in [0.2, 0.25) is 0 Å². The highest BCUT2D eigenvalue weighted by Gasteiger charge is 2.28. The van der Waals surface area contributed by atoms with Gasteiger partial charge in [-0.2, -0.15) is 0 Å². The van der Waals surface area contributed by atoms with E-state index in [4.69, 9.17) is 4.74 Å². The van der Waals surface area contributed by atoms with E-state index >= 15 is 0 Å². The summed E-state index contributed by atoms with van der Waals surface area (Å²) in [5, 5.41) is 25.1. The van der Waals surface area contributed by atoms with Crippen molar-refractivity contribution in [3.8, 4) is 34.0 Å². The van der Waals surface area contributed by atoms with Crippen LogP contribution >= 0.6 is 0 Å². The van der Waals surface area contributed by atoms with Gasteiger partial charge < -0.3 is 25.6 Å². The number of nitrogens with one attached hydrogen (secondary N) is 2. The Labute approximate surface area is 329 Å². The molecule has 0 aliphatic heterocycles. The largest absolute Gasteiger partial charge is 0.508 e. The number of benzene rings is 4. The van der Waals surface area contributed by atoms with Gasteiger partial charge in [-0.25, -0.2) is 14.8 Å². The highest BCUT2D eigenvalue weighted by Crippen LogP contribution is 2.25. The summed E-state index contributed by atoms with van der Waals surface area (Å²) in [4.78, 5) is 48.7. The molecule has 10 heteroatoms. The third-order valence-electron chi connectivity index (χ3n) is 9.63. The van der Waals surface area contributed by atoms with E-state index in [0.717, 1.165) is 40.0 Å². The molecule has 0 bridgehead atoms. The topological polar surface area (TPSA) is 151 Å². The molecule has 1 heterocycles. The number of hydrogen-bond donors (Lipinski definition) is 4. The maximum Gasteiger partial charge on any atom is 0.326 e. The van der Waals surface area contributed by atoms with Crippen LogP contribution in [-0.2, 0) is 27.8 Å². The Hall–Kier alpha value is -6.03. The predicted molar refractivity (Wildman–Crippen MR) is 219 cm³/mol. The molecule has 0 saturated heterocycles. The third-order valence-corrected chi connectivity index (χ3v) is 9.63. The minimum absolute atomic E-state index is 0.0112. The highest BCUT2D eigenvalue weighted by atomic mass is 16.5. The van der Waals surface area contributed by atoms with Gasteiger partial charge in [-0.1, -0.05) is 114 Å². The van der Waals surface area contributed by atoms with Gasteiger partial charge in [0.15, 0.2) is 5.82 Å². The Morgan fingerprint density at radius 1 is 0.679 bits per heavy atom. The van der Waals surface area contributed by atoms with E-state index in [0.29, 0.717) is 23.6 Å². The van der Waals surface area contributed by atoms with Gasteiger partial charge in [0.05, 0.1) is 6.61 Å². The fourth-order valence-electron chi connectivity index (χ4n) is 6.20. The van der Waals surface area contributed by atoms with Crippen LogP contribution in [0.5, 0.6) is 11.5 Å². The normalized spacial score (nSPS) is 12.4. The van der Waals surface area contributed by atoms with Gasteiger partial charge in [0.25, 0.3) is 5.91 Å². The second-order valence-corrected chi connectivity index (χ2v) is 15.1. The number of carboxylic acid groups (broad SMARTS) is 1. The minimum Gasteiger partial charge on any atom is -0.508 e. The number of hydrogen-bond acceptors (Lipinski definition) is 7. The molecule has 56 heavy (non-hydrogen) atoms. The van der Waals surface area contributed by atoms with Crippen LogP contribution in [0.4, 0.5) is 0 Å². The van der Waals surface area contributed by atoms with Gasteiger partial charge in [-0.15, -0.1) is 0 Å². The number of carboxylic acids is 1. The average Bonchev–Trinajstić information content (AvgIpc) is 3.19. The summed E-state index contributed by atoms with van der Waals surface area (Å²) in [5.74, 6) is -0.899. The molecule has 0 aliphatic carbocycles. The Morgan fingerprint density at radius 2 is 1.25 bits per heavy atom. The summed E-state index contributed by atoms with van der Waals surface area (Å²) in [6.07, 6.45) is 9.61. The van der Waals surface area contributed by atoms with Crippen LogP contribution in [0.3, 0.4) is 0 Å². The van der Waals surface area contributed by atoms with Gasteiger partial charge in [-0.3, -0.25) is 9.59 Å². The van der Waals surface area contributed by atoms with Gasteiger partial charge in [0.2, 0.25) is 5.91 Å². The van der Waals surface area contributed by atoms with Crippen LogP contribution in [0.1, 0.15) is 86.8 Å². The Kier molecular flexibility index (Phi) is 14.3. The molecule has 0 aliphatic rings. The zero-order chi connectivity index (χ0) is 40.1. The molecular weight excluding hydrogens is 705 g/mol. The molecule has 1 aromatic heterocycles. The summed E-state index contributed by atoms with van der Waals surface area (Å²) in [6.45, 7) is 9.17. The first-order valence-corrected chi connectivity index (χ1v) is 19.3. The molecule has 5 rings (SSSR count). The van der Waals surface area contributed by atoms with Crippen LogP contribution in [-0.4, -0.2) is 56.7 Å². The maximum absolute atomic E-state index is 13.7. The van der Waals surface area contributed by atoms with Gasteiger partial charge >= 0.3 is 5.97 Å². The number of aromatic hydroxyl groups is 1. The van der Waals surface area contributed by atoms with Gasteiger partial charge in [0.1, 0.15) is 23.6 Å². The molecule has 10 nitrogen and oxygen atoms in total. The van der Waals surface area contributed by atoms with E-state index in [1.165, 1.54) is 37.8 Å². The number of aromatic nitrogens is 2. The number of ether oxygens (including phenoxy) is 1. The molecule has 5 aromatic rings. The van der Waals surface area contributed by atoms with Crippen molar-refractivity contribution < 1.29 is 29.3 Å². The summed E-state index contributed by atoms with van der Waals surface area (Å²) in [6, 6.07) is 26.3. The zero-order valence-corrected chi connectivity index (χ0v) is 32.6. The number of phenols is 1. The summed E-state index contributed by atoms with van der Waals surface area (Å²) in [7, 11) is 0. The second-order valence-electron chi connectivity index (χ2n) is 15.1. The van der Waals surface area contributed by atoms with Crippen molar-refractivity contribution in [2.24, 2.45) is 0 Å². The molecular formula is C46H52N4O6. The van der Waals surface area contributed by atoms with Crippen LogP contribution in [0.15, 0.2) is 109 Å². The van der Waals surface area contributed by atoms with Crippen molar-refractivity contribution in [2.75, 3.05) is 6.61 Å². The van der Waals surface area contributed by atoms with Gasteiger partial charge in [-0.05, 0) is 70.5 Å². The van der Waals surface area contributed by atoms with E-state index in [9.17, 15) is 24.6 Å². The zero-order valence-electron chi connectivity index (χ0n) is 32.6. The minimum atomic E-state index is -1.27. The number of rotatable bonds is 18. The fraction of sp³-hybridized carbons (Fsp3) is 0.326. The molecule has 2 amide bonds. The number of nitrogens with zero attached hydrogens (tertiary/aromatic N) is 2. The molecule has 0 spiro atoms. The number of amides is 2. The van der Waals surface area contributed by atoms with Gasteiger partial charge in [0, 0.05) is 41.9 Å². The molecule has 4 aromatic carbocycles. The molecule has 2 unspecified atom stereocenters. The lowest BCUT2D eigenvalue weighted by molar-refractivity contribution is -0.142.